The zero-order chi connectivity index (χ0) is 18.2. The molecule has 1 unspecified atom stereocenters. The summed E-state index contributed by atoms with van der Waals surface area (Å²) in [7, 11) is 0. The molecule has 1 aliphatic rings. The predicted octanol–water partition coefficient (Wildman–Crippen LogP) is 4.44. The zero-order valence-electron chi connectivity index (χ0n) is 15.3. The van der Waals surface area contributed by atoms with Crippen LogP contribution in [0.3, 0.4) is 0 Å². The molecule has 1 atom stereocenters. The Balaban J connectivity index is 1.53. The maximum atomic E-state index is 12.5. The summed E-state index contributed by atoms with van der Waals surface area (Å²) in [5.41, 5.74) is 1.20. The lowest BCUT2D eigenvalue weighted by Gasteiger charge is -2.27. The summed E-state index contributed by atoms with van der Waals surface area (Å²) in [5.74, 6) is 2.97. The molecule has 3 rings (SSSR count). The number of hydrogen-bond acceptors (Lipinski definition) is 5. The van der Waals surface area contributed by atoms with Crippen molar-refractivity contribution < 1.29 is 9.32 Å². The van der Waals surface area contributed by atoms with Crippen LogP contribution in [0.25, 0.3) is 0 Å². The van der Waals surface area contributed by atoms with Gasteiger partial charge in [0, 0.05) is 6.92 Å². The fourth-order valence-electron chi connectivity index (χ4n) is 3.59. The van der Waals surface area contributed by atoms with Gasteiger partial charge in [0.25, 0.3) is 0 Å². The van der Waals surface area contributed by atoms with E-state index in [1.54, 1.807) is 6.92 Å². The molecule has 140 valence electrons. The molecule has 1 fully saturated rings. The van der Waals surface area contributed by atoms with Crippen molar-refractivity contribution in [2.24, 2.45) is 5.92 Å². The van der Waals surface area contributed by atoms with E-state index in [0.717, 1.165) is 6.42 Å². The van der Waals surface area contributed by atoms with Crippen molar-refractivity contribution in [3.8, 4) is 0 Å². The minimum absolute atomic E-state index is 0.0693. The monoisotopic (exact) mass is 373 g/mol. The number of benzene rings is 1. The van der Waals surface area contributed by atoms with Crippen molar-refractivity contribution >= 4 is 17.7 Å². The molecule has 1 saturated carbocycles. The van der Waals surface area contributed by atoms with Crippen LogP contribution in [0.5, 0.6) is 0 Å². The first-order chi connectivity index (χ1) is 12.7. The quantitative estimate of drug-likeness (QED) is 0.741. The minimum Gasteiger partial charge on any atom is -0.349 e. The third kappa shape index (κ3) is 5.87. The van der Waals surface area contributed by atoms with Gasteiger partial charge in [-0.1, -0.05) is 67.6 Å². The first-order valence-corrected chi connectivity index (χ1v) is 10.6. The molecule has 1 amide bonds. The maximum Gasteiger partial charge on any atom is 0.230 e. The number of rotatable bonds is 8. The second-order valence-electron chi connectivity index (χ2n) is 6.99. The Kier molecular flexibility index (Phi) is 7.12. The first kappa shape index (κ1) is 19.0. The summed E-state index contributed by atoms with van der Waals surface area (Å²) in [4.78, 5) is 16.6. The number of hydrogen-bond donors (Lipinski definition) is 1. The SMILES string of the molecule is Cc1nc(CSCC(=O)NC(CC2CCCCC2)c2ccccc2)no1. The molecule has 1 N–H and O–H groups in total. The van der Waals surface area contributed by atoms with Gasteiger partial charge < -0.3 is 9.84 Å². The topological polar surface area (TPSA) is 68.0 Å². The fraction of sp³-hybridized carbons (Fsp3) is 0.550. The number of aryl methyl sites for hydroxylation is 1. The van der Waals surface area contributed by atoms with Crippen LogP contribution in [-0.2, 0) is 10.5 Å². The lowest BCUT2D eigenvalue weighted by molar-refractivity contribution is -0.119. The Morgan fingerprint density at radius 2 is 2.04 bits per heavy atom. The smallest absolute Gasteiger partial charge is 0.230 e. The van der Waals surface area contributed by atoms with Gasteiger partial charge in [0.1, 0.15) is 0 Å². The second kappa shape index (κ2) is 9.76. The molecule has 0 aliphatic heterocycles. The number of carbonyl (C=O) groups is 1. The van der Waals surface area contributed by atoms with E-state index in [0.29, 0.717) is 29.1 Å². The van der Waals surface area contributed by atoms with E-state index in [4.69, 9.17) is 4.52 Å². The van der Waals surface area contributed by atoms with E-state index in [1.165, 1.54) is 49.4 Å². The molecule has 0 saturated heterocycles. The number of amides is 1. The van der Waals surface area contributed by atoms with E-state index in [-0.39, 0.29) is 11.9 Å². The number of aromatic nitrogens is 2. The molecule has 26 heavy (non-hydrogen) atoms. The zero-order valence-corrected chi connectivity index (χ0v) is 16.1. The van der Waals surface area contributed by atoms with Gasteiger partial charge in [0.05, 0.1) is 17.5 Å². The van der Waals surface area contributed by atoms with Crippen LogP contribution in [0.2, 0.25) is 0 Å². The molecule has 6 heteroatoms. The Morgan fingerprint density at radius 3 is 2.73 bits per heavy atom. The lowest BCUT2D eigenvalue weighted by atomic mass is 9.83. The number of thioether (sulfide) groups is 1. The summed E-state index contributed by atoms with van der Waals surface area (Å²) in [5, 5.41) is 7.11. The van der Waals surface area contributed by atoms with Crippen LogP contribution < -0.4 is 5.32 Å². The number of nitrogens with zero attached hydrogens (tertiary/aromatic N) is 2. The van der Waals surface area contributed by atoms with Gasteiger partial charge in [-0.15, -0.1) is 11.8 Å². The molecule has 1 aromatic carbocycles. The molecular weight excluding hydrogens is 346 g/mol. The highest BCUT2D eigenvalue weighted by Crippen LogP contribution is 2.32. The summed E-state index contributed by atoms with van der Waals surface area (Å²) in [6.07, 6.45) is 7.59. The molecule has 5 nitrogen and oxygen atoms in total. The van der Waals surface area contributed by atoms with Gasteiger partial charge in [0.2, 0.25) is 11.8 Å². The lowest BCUT2D eigenvalue weighted by Crippen LogP contribution is -2.31. The van der Waals surface area contributed by atoms with Gasteiger partial charge >= 0.3 is 0 Å². The van der Waals surface area contributed by atoms with Gasteiger partial charge in [-0.3, -0.25) is 4.79 Å². The summed E-state index contributed by atoms with van der Waals surface area (Å²) in [6.45, 7) is 1.77. The van der Waals surface area contributed by atoms with Crippen LogP contribution >= 0.6 is 11.8 Å². The predicted molar refractivity (Wildman–Crippen MR) is 104 cm³/mol. The van der Waals surface area contributed by atoms with Crippen LogP contribution in [0.15, 0.2) is 34.9 Å². The fourth-order valence-corrected chi connectivity index (χ4v) is 4.26. The molecule has 1 aromatic heterocycles. The van der Waals surface area contributed by atoms with Crippen molar-refractivity contribution in [1.82, 2.24) is 15.5 Å². The highest BCUT2D eigenvalue weighted by molar-refractivity contribution is 7.99. The van der Waals surface area contributed by atoms with E-state index in [2.05, 4.69) is 27.6 Å². The number of nitrogens with one attached hydrogen (secondary N) is 1. The van der Waals surface area contributed by atoms with Gasteiger partial charge in [-0.2, -0.15) is 4.98 Å². The van der Waals surface area contributed by atoms with E-state index < -0.39 is 0 Å². The number of carbonyl (C=O) groups excluding carboxylic acids is 1. The van der Waals surface area contributed by atoms with Crippen LogP contribution in [0.4, 0.5) is 0 Å². The standard InChI is InChI=1S/C20H27N3O2S/c1-15-21-19(23-25-15)13-26-14-20(24)22-18(17-10-6-3-7-11-17)12-16-8-4-2-5-9-16/h3,6-7,10-11,16,18H,2,4-5,8-9,12-14H2,1H3,(H,22,24). The van der Waals surface area contributed by atoms with Crippen LogP contribution in [0.1, 0.15) is 61.8 Å². The van der Waals surface area contributed by atoms with Crippen molar-refractivity contribution in [2.45, 2.75) is 57.2 Å². The molecule has 1 aliphatic carbocycles. The van der Waals surface area contributed by atoms with Crippen LogP contribution in [-0.4, -0.2) is 21.8 Å². The molecule has 2 aromatic rings. The van der Waals surface area contributed by atoms with Gasteiger partial charge in [0.15, 0.2) is 5.82 Å². The van der Waals surface area contributed by atoms with Crippen molar-refractivity contribution in [3.63, 3.8) is 0 Å². The molecule has 0 bridgehead atoms. The summed E-state index contributed by atoms with van der Waals surface area (Å²) in [6, 6.07) is 10.4. The molecule has 0 spiro atoms. The average Bonchev–Trinajstić information content (AvgIpc) is 3.08. The maximum absolute atomic E-state index is 12.5. The Labute approximate surface area is 159 Å². The van der Waals surface area contributed by atoms with Crippen molar-refractivity contribution in [3.05, 3.63) is 47.6 Å². The molecular formula is C20H27N3O2S. The van der Waals surface area contributed by atoms with Gasteiger partial charge in [-0.25, -0.2) is 0 Å². The largest absolute Gasteiger partial charge is 0.349 e. The highest BCUT2D eigenvalue weighted by atomic mass is 32.2. The third-order valence-electron chi connectivity index (χ3n) is 4.86. The second-order valence-corrected chi connectivity index (χ2v) is 7.98. The average molecular weight is 374 g/mol. The third-order valence-corrected chi connectivity index (χ3v) is 5.79. The van der Waals surface area contributed by atoms with E-state index in [1.807, 2.05) is 18.2 Å². The summed E-state index contributed by atoms with van der Waals surface area (Å²) < 4.78 is 4.95. The van der Waals surface area contributed by atoms with Crippen LogP contribution in [0, 0.1) is 12.8 Å². The van der Waals surface area contributed by atoms with Gasteiger partial charge in [-0.05, 0) is 17.9 Å². The van der Waals surface area contributed by atoms with E-state index in [9.17, 15) is 4.79 Å². The minimum atomic E-state index is 0.0693. The van der Waals surface area contributed by atoms with Crippen molar-refractivity contribution in [2.75, 3.05) is 5.75 Å². The molecule has 0 radical (unpaired) electrons. The highest BCUT2D eigenvalue weighted by Gasteiger charge is 2.21. The first-order valence-electron chi connectivity index (χ1n) is 9.42. The Bertz CT molecular complexity index is 683. The molecule has 1 heterocycles. The van der Waals surface area contributed by atoms with Crippen molar-refractivity contribution in [1.29, 1.82) is 0 Å². The Hall–Kier alpha value is -1.82. The summed E-state index contributed by atoms with van der Waals surface area (Å²) >= 11 is 1.51. The van der Waals surface area contributed by atoms with E-state index >= 15 is 0 Å². The Morgan fingerprint density at radius 1 is 1.27 bits per heavy atom. The normalized spacial score (nSPS) is 16.3.